The van der Waals surface area contributed by atoms with E-state index in [1.165, 1.54) is 24.1 Å². The van der Waals surface area contributed by atoms with Crippen molar-refractivity contribution in [1.82, 2.24) is 14.8 Å². The van der Waals surface area contributed by atoms with Crippen LogP contribution in [0.15, 0.2) is 46.3 Å². The molecule has 1 aromatic carbocycles. The highest BCUT2D eigenvalue weighted by molar-refractivity contribution is 5.99. The van der Waals surface area contributed by atoms with Crippen LogP contribution in [-0.2, 0) is 10.2 Å². The van der Waals surface area contributed by atoms with Crippen molar-refractivity contribution in [3.8, 4) is 0 Å². The highest BCUT2D eigenvalue weighted by Gasteiger charge is 2.36. The molecule has 6 rings (SSSR count). The molecule has 0 amide bonds. The third-order valence-electron chi connectivity index (χ3n) is 7.13. The summed E-state index contributed by atoms with van der Waals surface area (Å²) >= 11 is 0. The molecule has 0 bridgehead atoms. The molecule has 7 nitrogen and oxygen atoms in total. The van der Waals surface area contributed by atoms with E-state index in [0.717, 1.165) is 43.8 Å². The van der Waals surface area contributed by atoms with Crippen LogP contribution in [0.1, 0.15) is 44.2 Å². The molecule has 31 heavy (non-hydrogen) atoms. The van der Waals surface area contributed by atoms with Crippen molar-refractivity contribution >= 4 is 28.1 Å². The van der Waals surface area contributed by atoms with Gasteiger partial charge < -0.3 is 15.0 Å². The maximum absolute atomic E-state index is 12.8. The molecule has 2 fully saturated rings. The van der Waals surface area contributed by atoms with Gasteiger partial charge in [-0.2, -0.15) is 5.10 Å². The molecule has 2 aliphatic heterocycles. The van der Waals surface area contributed by atoms with Gasteiger partial charge in [-0.3, -0.25) is 14.5 Å². The number of hydrogen-bond donors (Lipinski definition) is 2. The number of fused-ring (bicyclic) bond motifs is 1. The molecule has 160 valence electrons. The summed E-state index contributed by atoms with van der Waals surface area (Å²) in [7, 11) is 0. The first kappa shape index (κ1) is 18.8. The molecule has 0 spiro atoms. The van der Waals surface area contributed by atoms with Gasteiger partial charge in [0, 0.05) is 28.9 Å². The van der Waals surface area contributed by atoms with Crippen LogP contribution in [0.3, 0.4) is 0 Å². The predicted molar refractivity (Wildman–Crippen MR) is 122 cm³/mol. The van der Waals surface area contributed by atoms with Gasteiger partial charge in [-0.15, -0.1) is 0 Å². The van der Waals surface area contributed by atoms with Gasteiger partial charge in [0.05, 0.1) is 31.3 Å². The maximum Gasteiger partial charge on any atom is 0.261 e. The lowest BCUT2D eigenvalue weighted by Gasteiger charge is -2.38. The van der Waals surface area contributed by atoms with Crippen LogP contribution in [0.5, 0.6) is 0 Å². The molecular weight excluding hydrogens is 390 g/mol. The second kappa shape index (κ2) is 7.05. The second-order valence-corrected chi connectivity index (χ2v) is 9.38. The fraction of sp³-hybridized carbons (Fsp3) is 0.458. The average Bonchev–Trinajstić information content (AvgIpc) is 3.55. The third-order valence-corrected chi connectivity index (χ3v) is 7.13. The predicted octanol–water partition coefficient (Wildman–Crippen LogP) is 3.94. The summed E-state index contributed by atoms with van der Waals surface area (Å²) in [5, 5.41) is 8.97. The first-order valence-electron chi connectivity index (χ1n) is 11.2. The Morgan fingerprint density at radius 3 is 2.65 bits per heavy atom. The third kappa shape index (κ3) is 3.19. The molecule has 3 aliphatic rings. The van der Waals surface area contributed by atoms with Crippen LogP contribution in [0.25, 0.3) is 10.9 Å². The van der Waals surface area contributed by atoms with Crippen molar-refractivity contribution in [3.05, 3.63) is 52.4 Å². The number of ether oxygens (including phenoxy) is 1. The lowest BCUT2D eigenvalue weighted by molar-refractivity contribution is -0.0499. The monoisotopic (exact) mass is 417 g/mol. The molecule has 2 aromatic heterocycles. The van der Waals surface area contributed by atoms with Gasteiger partial charge in [0.15, 0.2) is 5.82 Å². The van der Waals surface area contributed by atoms with E-state index in [-0.39, 0.29) is 17.0 Å². The van der Waals surface area contributed by atoms with Crippen molar-refractivity contribution in [2.24, 2.45) is 10.9 Å². The average molecular weight is 418 g/mol. The van der Waals surface area contributed by atoms with Crippen molar-refractivity contribution in [2.75, 3.05) is 25.1 Å². The number of nitrogens with one attached hydrogen (secondary N) is 2. The Morgan fingerprint density at radius 1 is 1.16 bits per heavy atom. The number of H-pyrrole nitrogens is 1. The van der Waals surface area contributed by atoms with Crippen molar-refractivity contribution in [1.29, 1.82) is 0 Å². The molecular formula is C24H27N5O2. The van der Waals surface area contributed by atoms with Crippen LogP contribution < -0.4 is 10.9 Å². The van der Waals surface area contributed by atoms with Gasteiger partial charge in [0.25, 0.3) is 5.56 Å². The number of anilines is 2. The molecule has 2 atom stereocenters. The molecule has 1 aliphatic carbocycles. The zero-order chi connectivity index (χ0) is 21.0. The number of aliphatic imine (C=N–C) groups is 1. The lowest BCUT2D eigenvalue weighted by Crippen LogP contribution is -2.43. The van der Waals surface area contributed by atoms with E-state index in [9.17, 15) is 4.79 Å². The van der Waals surface area contributed by atoms with Gasteiger partial charge in [-0.05, 0) is 36.6 Å². The van der Waals surface area contributed by atoms with E-state index < -0.39 is 0 Å². The quantitative estimate of drug-likeness (QED) is 0.659. The Kier molecular flexibility index (Phi) is 4.28. The van der Waals surface area contributed by atoms with Gasteiger partial charge in [-0.25, -0.2) is 0 Å². The number of hydrogen-bond acceptors (Lipinski definition) is 5. The van der Waals surface area contributed by atoms with Crippen LogP contribution in [0, 0.1) is 5.92 Å². The summed E-state index contributed by atoms with van der Waals surface area (Å²) in [6.07, 6.45) is 6.37. The minimum atomic E-state index is -0.113. The van der Waals surface area contributed by atoms with E-state index in [4.69, 9.17) is 9.84 Å². The number of nitrogens with zero attached hydrogens (tertiary/aromatic N) is 3. The summed E-state index contributed by atoms with van der Waals surface area (Å²) in [6.45, 7) is 4.64. The molecule has 2 N–H and O–H groups in total. The Labute approximate surface area is 180 Å². The van der Waals surface area contributed by atoms with Crippen LogP contribution in [-0.4, -0.2) is 40.2 Å². The van der Waals surface area contributed by atoms with E-state index in [2.05, 4.69) is 51.2 Å². The summed E-state index contributed by atoms with van der Waals surface area (Å²) < 4.78 is 7.48. The Morgan fingerprint density at radius 2 is 1.94 bits per heavy atom. The standard InChI is InChI=1S/C24H27N5O2/c1-24(13-31-14-24)15-6-8-16(9-7-15)27-22-21-20(10-11-25-23(21)30)29(28-22)19-5-3-2-4-17(19)18-12-26-18/h6-11,17,19H,2-5,12-14H2,1H3,(H,25,30)(H,27,28)/t17-,19+/m1/s1. The Hall–Kier alpha value is -2.93. The highest BCUT2D eigenvalue weighted by Crippen LogP contribution is 2.39. The smallest absolute Gasteiger partial charge is 0.261 e. The normalized spacial score (nSPS) is 24.5. The SMILES string of the molecule is CC1(c2ccc(Nc3nn([C@H]4CCCC[C@@H]4C4=NC4)c4cc[nH]c(=O)c34)cc2)COC1. The zero-order valence-corrected chi connectivity index (χ0v) is 17.7. The van der Waals surface area contributed by atoms with Gasteiger partial charge >= 0.3 is 0 Å². The number of aromatic amines is 1. The maximum atomic E-state index is 12.8. The fourth-order valence-corrected chi connectivity index (χ4v) is 5.18. The van der Waals surface area contributed by atoms with Crippen molar-refractivity contribution in [2.45, 2.75) is 44.1 Å². The van der Waals surface area contributed by atoms with Crippen LogP contribution in [0.2, 0.25) is 0 Å². The molecule has 4 heterocycles. The zero-order valence-electron chi connectivity index (χ0n) is 17.7. The van der Waals surface area contributed by atoms with Crippen LogP contribution in [0.4, 0.5) is 11.5 Å². The van der Waals surface area contributed by atoms with E-state index in [0.29, 0.717) is 17.1 Å². The molecule has 1 saturated carbocycles. The minimum Gasteiger partial charge on any atom is -0.379 e. The summed E-state index contributed by atoms with van der Waals surface area (Å²) in [5.74, 6) is 1.05. The Balaban J connectivity index is 1.37. The van der Waals surface area contributed by atoms with Crippen molar-refractivity contribution in [3.63, 3.8) is 0 Å². The van der Waals surface area contributed by atoms with Gasteiger partial charge in [0.2, 0.25) is 0 Å². The molecule has 1 saturated heterocycles. The molecule has 0 radical (unpaired) electrons. The summed E-state index contributed by atoms with van der Waals surface area (Å²) in [5.41, 5.74) is 4.39. The number of benzene rings is 1. The van der Waals surface area contributed by atoms with Gasteiger partial charge in [-0.1, -0.05) is 31.9 Å². The van der Waals surface area contributed by atoms with E-state index >= 15 is 0 Å². The molecule has 0 unspecified atom stereocenters. The van der Waals surface area contributed by atoms with E-state index in [1.54, 1.807) is 6.20 Å². The lowest BCUT2D eigenvalue weighted by atomic mass is 9.81. The van der Waals surface area contributed by atoms with Gasteiger partial charge in [0.1, 0.15) is 5.39 Å². The largest absolute Gasteiger partial charge is 0.379 e. The van der Waals surface area contributed by atoms with Crippen molar-refractivity contribution < 1.29 is 4.74 Å². The highest BCUT2D eigenvalue weighted by atomic mass is 16.5. The number of rotatable bonds is 5. The molecule has 7 heteroatoms. The summed E-state index contributed by atoms with van der Waals surface area (Å²) in [4.78, 5) is 20.1. The summed E-state index contributed by atoms with van der Waals surface area (Å²) in [6, 6.07) is 10.6. The first-order valence-corrected chi connectivity index (χ1v) is 11.2. The topological polar surface area (TPSA) is 84.3 Å². The fourth-order valence-electron chi connectivity index (χ4n) is 5.18. The van der Waals surface area contributed by atoms with Crippen LogP contribution >= 0.6 is 0 Å². The number of pyridine rings is 1. The molecule has 3 aromatic rings. The minimum absolute atomic E-state index is 0.103. The Bertz CT molecular complexity index is 1220. The van der Waals surface area contributed by atoms with E-state index in [1.807, 2.05) is 6.07 Å². The second-order valence-electron chi connectivity index (χ2n) is 9.38. The number of aromatic nitrogens is 3. The first-order chi connectivity index (χ1) is 15.1.